The maximum atomic E-state index is 12.4. The summed E-state index contributed by atoms with van der Waals surface area (Å²) in [4.78, 5) is 22.5. The average molecular weight is 348 g/mol. The Morgan fingerprint density at radius 1 is 1.50 bits per heavy atom. The number of hydrogen-bond donors (Lipinski definition) is 2. The van der Waals surface area contributed by atoms with Gasteiger partial charge in [0.25, 0.3) is 0 Å². The third-order valence-corrected chi connectivity index (χ3v) is 5.22. The van der Waals surface area contributed by atoms with E-state index in [2.05, 4.69) is 25.7 Å². The molecule has 130 valence electrons. The van der Waals surface area contributed by atoms with Crippen molar-refractivity contribution in [3.63, 3.8) is 0 Å². The summed E-state index contributed by atoms with van der Waals surface area (Å²) in [6.07, 6.45) is 5.34. The zero-order chi connectivity index (χ0) is 17.1. The van der Waals surface area contributed by atoms with E-state index >= 15 is 0 Å². The van der Waals surface area contributed by atoms with E-state index in [0.29, 0.717) is 0 Å². The molecule has 0 saturated carbocycles. The number of amides is 2. The monoisotopic (exact) mass is 348 g/mol. The molecular formula is C16H24N6OS. The second-order valence-corrected chi connectivity index (χ2v) is 7.31. The van der Waals surface area contributed by atoms with Crippen LogP contribution in [0.3, 0.4) is 0 Å². The molecule has 2 atom stereocenters. The van der Waals surface area contributed by atoms with E-state index < -0.39 is 0 Å². The van der Waals surface area contributed by atoms with Gasteiger partial charge >= 0.3 is 6.03 Å². The van der Waals surface area contributed by atoms with Gasteiger partial charge in [0.1, 0.15) is 10.8 Å². The van der Waals surface area contributed by atoms with Crippen LogP contribution in [0.2, 0.25) is 0 Å². The van der Waals surface area contributed by atoms with E-state index in [1.165, 1.54) is 0 Å². The molecule has 1 aliphatic heterocycles. The van der Waals surface area contributed by atoms with Crippen molar-refractivity contribution >= 4 is 17.4 Å². The van der Waals surface area contributed by atoms with Crippen LogP contribution < -0.4 is 10.6 Å². The number of fused-ring (bicyclic) bond motifs is 1. The van der Waals surface area contributed by atoms with Crippen LogP contribution in [0.15, 0.2) is 6.20 Å². The predicted octanol–water partition coefficient (Wildman–Crippen LogP) is 2.89. The molecule has 0 fully saturated rings. The lowest BCUT2D eigenvalue weighted by atomic mass is 10.1. The summed E-state index contributed by atoms with van der Waals surface area (Å²) in [5.41, 5.74) is 0. The van der Waals surface area contributed by atoms with Crippen molar-refractivity contribution in [2.75, 3.05) is 0 Å². The highest BCUT2D eigenvalue weighted by Gasteiger charge is 2.26. The van der Waals surface area contributed by atoms with Crippen LogP contribution in [-0.4, -0.2) is 25.8 Å². The van der Waals surface area contributed by atoms with Crippen LogP contribution in [0, 0.1) is 6.92 Å². The standard InChI is InChI=1S/C16H24N6OS/c1-4-11(15-17-9-10(3)24-15)18-16(23)19-12-7-6-8-22-14(12)20-13(5-2)21-22/h9,11-12H,4-8H2,1-3H3,(H2,18,19,23)/t11-,12-/m1/s1. The van der Waals surface area contributed by atoms with Gasteiger partial charge in [-0.05, 0) is 26.2 Å². The van der Waals surface area contributed by atoms with Crippen molar-refractivity contribution in [1.29, 1.82) is 0 Å². The molecule has 24 heavy (non-hydrogen) atoms. The van der Waals surface area contributed by atoms with Gasteiger partial charge in [-0.3, -0.25) is 0 Å². The van der Waals surface area contributed by atoms with Gasteiger partial charge in [-0.1, -0.05) is 13.8 Å². The van der Waals surface area contributed by atoms with Gasteiger partial charge in [0.15, 0.2) is 5.82 Å². The van der Waals surface area contributed by atoms with E-state index in [9.17, 15) is 4.79 Å². The van der Waals surface area contributed by atoms with Gasteiger partial charge in [0.2, 0.25) is 0 Å². The fourth-order valence-electron chi connectivity index (χ4n) is 2.92. The molecule has 2 N–H and O–H groups in total. The molecule has 0 saturated heterocycles. The Morgan fingerprint density at radius 2 is 2.33 bits per heavy atom. The van der Waals surface area contributed by atoms with Gasteiger partial charge < -0.3 is 10.6 Å². The van der Waals surface area contributed by atoms with Crippen molar-refractivity contribution in [3.05, 3.63) is 27.7 Å². The number of aryl methyl sites for hydroxylation is 3. The van der Waals surface area contributed by atoms with Crippen LogP contribution in [0.4, 0.5) is 4.79 Å². The van der Waals surface area contributed by atoms with E-state index in [1.807, 2.05) is 31.6 Å². The van der Waals surface area contributed by atoms with Crippen molar-refractivity contribution in [1.82, 2.24) is 30.4 Å². The van der Waals surface area contributed by atoms with Crippen LogP contribution in [-0.2, 0) is 13.0 Å². The van der Waals surface area contributed by atoms with Crippen LogP contribution in [0.25, 0.3) is 0 Å². The summed E-state index contributed by atoms with van der Waals surface area (Å²) in [5.74, 6) is 1.70. The lowest BCUT2D eigenvalue weighted by Crippen LogP contribution is -2.41. The largest absolute Gasteiger partial charge is 0.329 e. The number of thiazole rings is 1. The van der Waals surface area contributed by atoms with Crippen LogP contribution in [0.5, 0.6) is 0 Å². The first kappa shape index (κ1) is 16.9. The number of aromatic nitrogens is 4. The van der Waals surface area contributed by atoms with E-state index in [4.69, 9.17) is 0 Å². The summed E-state index contributed by atoms with van der Waals surface area (Å²) in [5, 5.41) is 11.5. The molecule has 8 heteroatoms. The summed E-state index contributed by atoms with van der Waals surface area (Å²) in [7, 11) is 0. The molecule has 2 aromatic heterocycles. The van der Waals surface area contributed by atoms with Gasteiger partial charge in [0.05, 0.1) is 12.1 Å². The second-order valence-electron chi connectivity index (χ2n) is 6.05. The molecule has 0 bridgehead atoms. The molecule has 0 aliphatic carbocycles. The number of nitrogens with zero attached hydrogens (tertiary/aromatic N) is 4. The smallest absolute Gasteiger partial charge is 0.315 e. The minimum absolute atomic E-state index is 0.0589. The Balaban J connectivity index is 1.66. The normalized spacial score (nSPS) is 18.0. The minimum Gasteiger partial charge on any atom is -0.329 e. The lowest BCUT2D eigenvalue weighted by Gasteiger charge is -2.24. The summed E-state index contributed by atoms with van der Waals surface area (Å²) in [6, 6.07) is -0.312. The van der Waals surface area contributed by atoms with Crippen molar-refractivity contribution in [2.45, 2.75) is 65.1 Å². The number of carbonyl (C=O) groups is 1. The first-order valence-corrected chi connectivity index (χ1v) is 9.35. The number of hydrogen-bond acceptors (Lipinski definition) is 5. The zero-order valence-corrected chi connectivity index (χ0v) is 15.2. The summed E-state index contributed by atoms with van der Waals surface area (Å²) < 4.78 is 1.93. The topological polar surface area (TPSA) is 84.7 Å². The molecule has 3 rings (SSSR count). The zero-order valence-electron chi connectivity index (χ0n) is 14.4. The van der Waals surface area contributed by atoms with Crippen molar-refractivity contribution in [2.24, 2.45) is 0 Å². The first-order valence-electron chi connectivity index (χ1n) is 8.53. The fraction of sp³-hybridized carbons (Fsp3) is 0.625. The Labute approximate surface area is 145 Å². The molecule has 2 amide bonds. The van der Waals surface area contributed by atoms with Crippen LogP contribution >= 0.6 is 11.3 Å². The fourth-order valence-corrected chi connectivity index (χ4v) is 3.82. The Morgan fingerprint density at radius 3 is 3.00 bits per heavy atom. The average Bonchev–Trinajstić information content (AvgIpc) is 3.19. The molecule has 0 radical (unpaired) electrons. The highest BCUT2D eigenvalue weighted by molar-refractivity contribution is 7.11. The SMILES string of the molecule is CCc1nc2n(n1)CCC[C@H]2NC(=O)N[C@H](CC)c1ncc(C)s1. The lowest BCUT2D eigenvalue weighted by molar-refractivity contribution is 0.228. The maximum Gasteiger partial charge on any atom is 0.315 e. The number of carbonyl (C=O) groups excluding carboxylic acids is 1. The van der Waals surface area contributed by atoms with Crippen LogP contribution in [0.1, 0.15) is 66.7 Å². The quantitative estimate of drug-likeness (QED) is 0.870. The molecule has 2 aromatic rings. The Hall–Kier alpha value is -1.96. The van der Waals surface area contributed by atoms with E-state index in [1.54, 1.807) is 11.3 Å². The molecule has 7 nitrogen and oxygen atoms in total. The molecule has 1 aliphatic rings. The highest BCUT2D eigenvalue weighted by Crippen LogP contribution is 2.24. The van der Waals surface area contributed by atoms with Crippen molar-refractivity contribution < 1.29 is 4.79 Å². The number of nitrogens with one attached hydrogen (secondary N) is 2. The van der Waals surface area contributed by atoms with Gasteiger partial charge in [-0.2, -0.15) is 5.10 Å². The molecule has 0 unspecified atom stereocenters. The third kappa shape index (κ3) is 3.58. The third-order valence-electron chi connectivity index (χ3n) is 4.19. The van der Waals surface area contributed by atoms with E-state index in [-0.39, 0.29) is 18.1 Å². The second kappa shape index (κ2) is 7.29. The number of urea groups is 1. The number of rotatable bonds is 5. The molecule has 3 heterocycles. The highest BCUT2D eigenvalue weighted by atomic mass is 32.1. The Kier molecular flexibility index (Phi) is 5.13. The summed E-state index contributed by atoms with van der Waals surface area (Å²) >= 11 is 1.62. The molecule has 0 spiro atoms. The predicted molar refractivity (Wildman–Crippen MR) is 92.9 cm³/mol. The van der Waals surface area contributed by atoms with Gasteiger partial charge in [-0.15, -0.1) is 11.3 Å². The van der Waals surface area contributed by atoms with Gasteiger partial charge in [0, 0.05) is 24.0 Å². The molecule has 0 aromatic carbocycles. The maximum absolute atomic E-state index is 12.4. The van der Waals surface area contributed by atoms with E-state index in [0.717, 1.165) is 53.8 Å². The van der Waals surface area contributed by atoms with Crippen molar-refractivity contribution in [3.8, 4) is 0 Å². The first-order chi connectivity index (χ1) is 11.6. The minimum atomic E-state index is -0.172. The Bertz CT molecular complexity index is 709. The summed E-state index contributed by atoms with van der Waals surface area (Å²) in [6.45, 7) is 6.98. The molecular weight excluding hydrogens is 324 g/mol. The van der Waals surface area contributed by atoms with Gasteiger partial charge in [-0.25, -0.2) is 19.4 Å².